The molecule has 2 aliphatic heterocycles. The number of rotatable bonds is 9. The number of hydrogen-bond donors (Lipinski definition) is 4. The highest BCUT2D eigenvalue weighted by molar-refractivity contribution is 8.16. The Hall–Kier alpha value is -7.48. The number of carbonyl (C=O) groups is 10. The number of hydrogen-bond acceptors (Lipinski definition) is 18. The van der Waals surface area contributed by atoms with E-state index < -0.39 is 137 Å². The summed E-state index contributed by atoms with van der Waals surface area (Å²) in [4.78, 5) is 168. The van der Waals surface area contributed by atoms with Crippen LogP contribution in [-0.4, -0.2) is 205 Å². The van der Waals surface area contributed by atoms with Crippen LogP contribution in [0.3, 0.4) is 0 Å². The Morgan fingerprint density at radius 2 is 1.09 bits per heavy atom. The minimum absolute atomic E-state index is 0.179. The van der Waals surface area contributed by atoms with Gasteiger partial charge in [0.1, 0.15) is 72.9 Å². The molecule has 2 aliphatic rings. The second kappa shape index (κ2) is 27.1. The number of ether oxygens (including phenoxy) is 2. The van der Waals surface area contributed by atoms with Crippen LogP contribution >= 0.6 is 23.5 Å². The van der Waals surface area contributed by atoms with Gasteiger partial charge in [-0.15, -0.1) is 23.5 Å². The van der Waals surface area contributed by atoms with Crippen LogP contribution in [0.5, 0.6) is 0 Å². The molecule has 2 bridgehead atoms. The topological polar surface area (TPSA) is 302 Å². The van der Waals surface area contributed by atoms with Crippen molar-refractivity contribution in [2.24, 2.45) is 17.8 Å². The Kier molecular flexibility index (Phi) is 20.9. The fourth-order valence-electron chi connectivity index (χ4n) is 9.21. The smallest absolute Gasteiger partial charge is 0.329 e. The lowest BCUT2D eigenvalue weighted by Crippen LogP contribution is -2.61. The van der Waals surface area contributed by atoms with Gasteiger partial charge >= 0.3 is 11.9 Å². The van der Waals surface area contributed by atoms with E-state index in [1.54, 1.807) is 75.6 Å². The zero-order valence-electron chi connectivity index (χ0n) is 46.8. The van der Waals surface area contributed by atoms with Gasteiger partial charge in [-0.1, -0.05) is 65.3 Å². The molecule has 0 aliphatic carbocycles. The number of likely N-dealkylation sites (N-methyl/N-ethyl adjacent to an activating group) is 4. The van der Waals surface area contributed by atoms with E-state index in [4.69, 9.17) is 9.47 Å². The van der Waals surface area contributed by atoms with Gasteiger partial charge in [0.25, 0.3) is 11.8 Å². The zero-order valence-corrected chi connectivity index (χ0v) is 48.5. The molecule has 2 aromatic heterocycles. The Morgan fingerprint density at radius 3 is 1.54 bits per heavy atom. The molecule has 2 saturated heterocycles. The quantitative estimate of drug-likeness (QED) is 0.173. The van der Waals surface area contributed by atoms with Crippen molar-refractivity contribution in [2.45, 2.75) is 108 Å². The molecule has 4 N–H and O–H groups in total. The number of nitrogens with one attached hydrogen (secondary N) is 4. The van der Waals surface area contributed by atoms with Crippen molar-refractivity contribution >= 4 is 105 Å². The SMILES string of the molecule is CCC(C)C1C(=O)OCC(NC(=O)c2cnc3ccccc3n2)C(=O)NC(C)C(=O)N(C)C2CSC(SC)C(C(=O)N1C)N(C)C(=O)C(C)NC(=O)C(NC(=O)c1cnc3ccccc3n1)COC(=O)C(C(C)C(C)C)N(C)C2=O. The molecule has 430 valence electrons. The number of amides is 8. The van der Waals surface area contributed by atoms with Crippen molar-refractivity contribution in [1.29, 1.82) is 0 Å². The lowest BCUT2D eigenvalue weighted by atomic mass is 9.89. The molecule has 8 amide bonds. The number of fused-ring (bicyclic) bond motifs is 6. The van der Waals surface area contributed by atoms with E-state index >= 15 is 9.59 Å². The molecule has 2 aromatic carbocycles. The maximum Gasteiger partial charge on any atom is 0.329 e. The predicted molar refractivity (Wildman–Crippen MR) is 298 cm³/mol. The molecule has 0 spiro atoms. The first-order valence-corrected chi connectivity index (χ1v) is 28.4. The second-order valence-corrected chi connectivity index (χ2v) is 22.8. The van der Waals surface area contributed by atoms with Gasteiger partial charge in [0.05, 0.1) is 39.0 Å². The van der Waals surface area contributed by atoms with E-state index in [1.807, 2.05) is 13.8 Å². The van der Waals surface area contributed by atoms with E-state index in [2.05, 4.69) is 41.2 Å². The molecular formula is C54H70N12O12S2. The summed E-state index contributed by atoms with van der Waals surface area (Å²) in [5.74, 6) is -10.5. The number of esters is 2. The monoisotopic (exact) mass is 1140 g/mol. The van der Waals surface area contributed by atoms with Crippen LogP contribution in [0.15, 0.2) is 60.9 Å². The van der Waals surface area contributed by atoms with Gasteiger partial charge in [0.15, 0.2) is 0 Å². The van der Waals surface area contributed by atoms with Crippen molar-refractivity contribution in [3.05, 3.63) is 72.3 Å². The summed E-state index contributed by atoms with van der Waals surface area (Å²) in [6, 6.07) is 1.80. The molecule has 2 fully saturated rings. The zero-order chi connectivity index (χ0) is 58.9. The number of benzene rings is 2. The van der Waals surface area contributed by atoms with Crippen LogP contribution in [0.2, 0.25) is 0 Å². The third-order valence-electron chi connectivity index (χ3n) is 14.6. The lowest BCUT2D eigenvalue weighted by Gasteiger charge is -2.40. The number of para-hydroxylation sites is 4. The first-order chi connectivity index (χ1) is 37.9. The molecule has 4 aromatic rings. The van der Waals surface area contributed by atoms with E-state index in [9.17, 15) is 38.4 Å². The normalized spacial score (nSPS) is 25.6. The highest BCUT2D eigenvalue weighted by Crippen LogP contribution is 2.33. The number of thioether (sulfide) groups is 2. The second-order valence-electron chi connectivity index (χ2n) is 20.3. The molecule has 26 heteroatoms. The summed E-state index contributed by atoms with van der Waals surface area (Å²) < 4.78 is 10.7. The molecular weight excluding hydrogens is 1070 g/mol. The molecule has 24 nitrogen and oxygen atoms in total. The largest absolute Gasteiger partial charge is 0.461 e. The fraction of sp³-hybridized carbons (Fsp3) is 0.519. The summed E-state index contributed by atoms with van der Waals surface area (Å²) in [6.45, 7) is 10.00. The van der Waals surface area contributed by atoms with E-state index in [1.165, 1.54) is 54.4 Å². The maximum atomic E-state index is 15.4. The summed E-state index contributed by atoms with van der Waals surface area (Å²) in [5, 5.41) is 10.3. The Labute approximate surface area is 472 Å². The van der Waals surface area contributed by atoms with Crippen molar-refractivity contribution in [2.75, 3.05) is 53.4 Å². The minimum Gasteiger partial charge on any atom is -0.461 e. The summed E-state index contributed by atoms with van der Waals surface area (Å²) >= 11 is 2.18. The molecule has 4 heterocycles. The standard InChI is InChI=1S/C54H70N12O12S2/c1-13-28(4)41-52(75)77-24-38(61-44(67)36-22-55-32-18-14-16-20-34(32)59-36)46(69)57-30(6)48(71)63(8)40-26-80-54(79-12)43(51(74)64(41)9)66(11)49(72)31(7)58-47(70)39(25-78-53(76)42(29(5)27(2)3)65(10)50(40)73)62-45(68)37-23-56-33-19-15-17-21-35(33)60-37/h14-23,27-31,38-43,54H,13,24-26H2,1-12H3,(H,57,69)(H,58,70)(H,61,67)(H,62,68). The maximum absolute atomic E-state index is 15.4. The van der Waals surface area contributed by atoms with Crippen LogP contribution in [0, 0.1) is 17.8 Å². The third-order valence-corrected chi connectivity index (χ3v) is 17.4. The molecule has 6 rings (SSSR count). The summed E-state index contributed by atoms with van der Waals surface area (Å²) in [6.07, 6.45) is 4.42. The van der Waals surface area contributed by atoms with Gasteiger partial charge in [-0.05, 0) is 62.1 Å². The average molecular weight is 1140 g/mol. The lowest BCUT2D eigenvalue weighted by molar-refractivity contribution is -0.161. The predicted octanol–water partition coefficient (Wildman–Crippen LogP) is 1.66. The van der Waals surface area contributed by atoms with E-state index in [0.717, 1.165) is 43.1 Å². The number of cyclic esters (lactones) is 2. The Morgan fingerprint density at radius 1 is 0.650 bits per heavy atom. The van der Waals surface area contributed by atoms with Gasteiger partial charge in [0.2, 0.25) is 35.4 Å². The van der Waals surface area contributed by atoms with Crippen LogP contribution in [-0.2, 0) is 47.8 Å². The van der Waals surface area contributed by atoms with Crippen molar-refractivity contribution < 1.29 is 57.4 Å². The van der Waals surface area contributed by atoms with Crippen molar-refractivity contribution in [3.63, 3.8) is 0 Å². The number of aromatic nitrogens is 4. The summed E-state index contributed by atoms with van der Waals surface area (Å²) in [5.41, 5.74) is 1.39. The van der Waals surface area contributed by atoms with Crippen LogP contribution in [0.4, 0.5) is 0 Å². The highest BCUT2D eigenvalue weighted by atomic mass is 32.2. The van der Waals surface area contributed by atoms with Crippen molar-refractivity contribution in [3.8, 4) is 0 Å². The first kappa shape index (κ1) is 61.7. The Balaban J connectivity index is 1.46. The highest BCUT2D eigenvalue weighted by Gasteiger charge is 2.46. The number of carbonyl (C=O) groups excluding carboxylic acids is 10. The van der Waals surface area contributed by atoms with Crippen molar-refractivity contribution in [1.82, 2.24) is 60.8 Å². The third kappa shape index (κ3) is 14.1. The molecule has 0 radical (unpaired) electrons. The average Bonchev–Trinajstić information content (AvgIpc) is 3.49. The fourth-order valence-corrected chi connectivity index (χ4v) is 11.8. The van der Waals surface area contributed by atoms with Gasteiger partial charge < -0.3 is 50.3 Å². The molecule has 80 heavy (non-hydrogen) atoms. The van der Waals surface area contributed by atoms with Gasteiger partial charge in [-0.3, -0.25) is 48.3 Å². The number of nitrogens with zero attached hydrogens (tertiary/aromatic N) is 8. The van der Waals surface area contributed by atoms with Gasteiger partial charge in [-0.25, -0.2) is 19.6 Å². The molecule has 11 unspecified atom stereocenters. The van der Waals surface area contributed by atoms with E-state index in [0.29, 0.717) is 28.5 Å². The van der Waals surface area contributed by atoms with Gasteiger partial charge in [0, 0.05) is 33.9 Å². The van der Waals surface area contributed by atoms with Gasteiger partial charge in [-0.2, -0.15) is 0 Å². The molecule has 11 atom stereocenters. The minimum atomic E-state index is -1.67. The Bertz CT molecular complexity index is 3010. The summed E-state index contributed by atoms with van der Waals surface area (Å²) in [7, 11) is 5.40. The van der Waals surface area contributed by atoms with Crippen LogP contribution < -0.4 is 21.3 Å². The first-order valence-electron chi connectivity index (χ1n) is 26.1. The molecule has 0 saturated carbocycles. The van der Waals surface area contributed by atoms with Crippen LogP contribution in [0.1, 0.15) is 75.9 Å². The van der Waals surface area contributed by atoms with Crippen LogP contribution in [0.25, 0.3) is 22.1 Å². The van der Waals surface area contributed by atoms with E-state index in [-0.39, 0.29) is 23.1 Å².